The van der Waals surface area contributed by atoms with Crippen molar-refractivity contribution < 1.29 is 9.90 Å². The first-order valence-corrected chi connectivity index (χ1v) is 7.36. The van der Waals surface area contributed by atoms with E-state index in [1.165, 1.54) is 0 Å². The Labute approximate surface area is 109 Å². The predicted octanol–water partition coefficient (Wildman–Crippen LogP) is 2.95. The molecule has 18 heavy (non-hydrogen) atoms. The number of carbonyl (C=O) groups excluding carboxylic acids is 1. The molecule has 2 heteroatoms. The average Bonchev–Trinajstić information content (AvgIpc) is 2.31. The van der Waals surface area contributed by atoms with Crippen LogP contribution in [-0.2, 0) is 4.79 Å². The fraction of sp³-hybridized carbons (Fsp3) is 0.812. The van der Waals surface area contributed by atoms with Gasteiger partial charge in [-0.15, -0.1) is 0 Å². The van der Waals surface area contributed by atoms with Crippen molar-refractivity contribution in [2.45, 2.75) is 52.1 Å². The van der Waals surface area contributed by atoms with Crippen LogP contribution in [0.25, 0.3) is 0 Å². The third kappa shape index (κ3) is 1.85. The van der Waals surface area contributed by atoms with E-state index < -0.39 is 0 Å². The highest BCUT2D eigenvalue weighted by Gasteiger charge is 2.50. The molecule has 5 atom stereocenters. The van der Waals surface area contributed by atoms with Gasteiger partial charge in [0.2, 0.25) is 0 Å². The Balaban J connectivity index is 1.91. The predicted molar refractivity (Wildman–Crippen MR) is 71.0 cm³/mol. The summed E-state index contributed by atoms with van der Waals surface area (Å²) < 4.78 is 0. The molecule has 100 valence electrons. The largest absolute Gasteiger partial charge is 0.393 e. The molecule has 0 saturated heterocycles. The van der Waals surface area contributed by atoms with Crippen LogP contribution >= 0.6 is 0 Å². The second-order valence-corrected chi connectivity index (χ2v) is 7.21. The fourth-order valence-electron chi connectivity index (χ4n) is 4.56. The molecule has 0 amide bonds. The quantitative estimate of drug-likeness (QED) is 0.669. The van der Waals surface area contributed by atoms with Crippen LogP contribution in [-0.4, -0.2) is 17.0 Å². The molecule has 0 spiro atoms. The van der Waals surface area contributed by atoms with E-state index in [9.17, 15) is 9.90 Å². The first-order chi connectivity index (χ1) is 8.49. The van der Waals surface area contributed by atoms with Crippen LogP contribution < -0.4 is 0 Å². The molecule has 0 heterocycles. The maximum Gasteiger partial charge on any atom is 0.136 e. The number of rotatable bonds is 0. The zero-order chi connectivity index (χ0) is 12.9. The van der Waals surface area contributed by atoms with Crippen molar-refractivity contribution in [2.24, 2.45) is 29.1 Å². The summed E-state index contributed by atoms with van der Waals surface area (Å²) in [5.41, 5.74) is 0.260. The fourth-order valence-corrected chi connectivity index (χ4v) is 4.56. The summed E-state index contributed by atoms with van der Waals surface area (Å²) >= 11 is 0. The highest BCUT2D eigenvalue weighted by Crippen LogP contribution is 2.53. The molecule has 0 radical (unpaired) electrons. The number of hydrogen-bond acceptors (Lipinski definition) is 2. The SMILES string of the molecule is CC1(C)CC=C[C@@H]2[C@@H]3CC[C@H](O)C[C@@H]3C(=O)C[C@@H]21. The van der Waals surface area contributed by atoms with Crippen LogP contribution in [0.3, 0.4) is 0 Å². The molecule has 1 N–H and O–H groups in total. The summed E-state index contributed by atoms with van der Waals surface area (Å²) in [7, 11) is 0. The number of aliphatic hydroxyl groups is 1. The van der Waals surface area contributed by atoms with E-state index in [-0.39, 0.29) is 17.4 Å². The number of fused-ring (bicyclic) bond motifs is 3. The van der Waals surface area contributed by atoms with E-state index in [2.05, 4.69) is 26.0 Å². The molecule has 3 rings (SSSR count). The van der Waals surface area contributed by atoms with E-state index in [0.29, 0.717) is 30.0 Å². The van der Waals surface area contributed by atoms with Crippen LogP contribution in [0.5, 0.6) is 0 Å². The minimum absolute atomic E-state index is 0.133. The Morgan fingerprint density at radius 3 is 2.89 bits per heavy atom. The minimum Gasteiger partial charge on any atom is -0.393 e. The number of carbonyl (C=O) groups is 1. The van der Waals surface area contributed by atoms with E-state index in [0.717, 1.165) is 25.7 Å². The van der Waals surface area contributed by atoms with Crippen molar-refractivity contribution in [1.29, 1.82) is 0 Å². The van der Waals surface area contributed by atoms with E-state index >= 15 is 0 Å². The lowest BCUT2D eigenvalue weighted by Gasteiger charge is -2.51. The van der Waals surface area contributed by atoms with Crippen molar-refractivity contribution in [1.82, 2.24) is 0 Å². The maximum atomic E-state index is 12.4. The highest BCUT2D eigenvalue weighted by atomic mass is 16.3. The van der Waals surface area contributed by atoms with Gasteiger partial charge in [0.15, 0.2) is 0 Å². The first-order valence-electron chi connectivity index (χ1n) is 7.36. The van der Waals surface area contributed by atoms with Gasteiger partial charge in [-0.3, -0.25) is 4.79 Å². The lowest BCUT2D eigenvalue weighted by molar-refractivity contribution is -0.138. The van der Waals surface area contributed by atoms with Gasteiger partial charge in [0.25, 0.3) is 0 Å². The molecular weight excluding hydrogens is 224 g/mol. The molecule has 2 fully saturated rings. The molecule has 2 saturated carbocycles. The van der Waals surface area contributed by atoms with Gasteiger partial charge in [-0.05, 0) is 48.9 Å². The summed E-state index contributed by atoms with van der Waals surface area (Å²) in [6, 6.07) is 0. The molecule has 0 aliphatic heterocycles. The lowest BCUT2D eigenvalue weighted by Crippen LogP contribution is -2.49. The van der Waals surface area contributed by atoms with Gasteiger partial charge < -0.3 is 5.11 Å². The molecule has 0 aromatic rings. The minimum atomic E-state index is -0.243. The van der Waals surface area contributed by atoms with E-state index in [1.54, 1.807) is 0 Å². The van der Waals surface area contributed by atoms with Gasteiger partial charge in [0, 0.05) is 12.3 Å². The maximum absolute atomic E-state index is 12.4. The lowest BCUT2D eigenvalue weighted by atomic mass is 9.53. The number of Topliss-reactive ketones (excluding diaryl/α,β-unsaturated/α-hetero) is 1. The van der Waals surface area contributed by atoms with Crippen LogP contribution in [0, 0.1) is 29.1 Å². The Kier molecular flexibility index (Phi) is 2.89. The van der Waals surface area contributed by atoms with Crippen molar-refractivity contribution in [3.05, 3.63) is 12.2 Å². The molecule has 0 aromatic heterocycles. The number of hydrogen-bond donors (Lipinski definition) is 1. The molecule has 3 aliphatic rings. The Morgan fingerprint density at radius 2 is 2.11 bits per heavy atom. The van der Waals surface area contributed by atoms with Crippen LogP contribution in [0.2, 0.25) is 0 Å². The summed E-state index contributed by atoms with van der Waals surface area (Å²) in [6.07, 6.45) is 8.90. The molecule has 2 nitrogen and oxygen atoms in total. The van der Waals surface area contributed by atoms with Crippen molar-refractivity contribution in [3.8, 4) is 0 Å². The first kappa shape index (κ1) is 12.4. The van der Waals surface area contributed by atoms with Crippen molar-refractivity contribution in [3.63, 3.8) is 0 Å². The van der Waals surface area contributed by atoms with Gasteiger partial charge in [-0.1, -0.05) is 26.0 Å². The van der Waals surface area contributed by atoms with Crippen LogP contribution in [0.1, 0.15) is 46.0 Å². The highest BCUT2D eigenvalue weighted by molar-refractivity contribution is 5.83. The van der Waals surface area contributed by atoms with Crippen molar-refractivity contribution >= 4 is 5.78 Å². The smallest absolute Gasteiger partial charge is 0.136 e. The van der Waals surface area contributed by atoms with Gasteiger partial charge in [-0.25, -0.2) is 0 Å². The topological polar surface area (TPSA) is 37.3 Å². The molecular formula is C16H24O2. The summed E-state index contributed by atoms with van der Waals surface area (Å²) in [5.74, 6) is 2.14. The van der Waals surface area contributed by atoms with Crippen LogP contribution in [0.4, 0.5) is 0 Å². The number of allylic oxidation sites excluding steroid dienone is 2. The second kappa shape index (κ2) is 4.19. The van der Waals surface area contributed by atoms with Gasteiger partial charge >= 0.3 is 0 Å². The summed E-state index contributed by atoms with van der Waals surface area (Å²) in [5, 5.41) is 9.79. The van der Waals surface area contributed by atoms with Crippen molar-refractivity contribution in [2.75, 3.05) is 0 Å². The number of aliphatic hydroxyl groups excluding tert-OH is 1. The van der Waals surface area contributed by atoms with E-state index in [4.69, 9.17) is 0 Å². The normalized spacial score (nSPS) is 46.4. The molecule has 0 unspecified atom stereocenters. The molecule has 0 aromatic carbocycles. The summed E-state index contributed by atoms with van der Waals surface area (Å²) in [4.78, 5) is 12.4. The van der Waals surface area contributed by atoms with Gasteiger partial charge in [0.1, 0.15) is 5.78 Å². The second-order valence-electron chi connectivity index (χ2n) is 7.21. The third-order valence-corrected chi connectivity index (χ3v) is 5.68. The number of ketones is 1. The zero-order valence-electron chi connectivity index (χ0n) is 11.4. The Bertz CT molecular complexity index is 383. The monoisotopic (exact) mass is 248 g/mol. The van der Waals surface area contributed by atoms with Crippen LogP contribution in [0.15, 0.2) is 12.2 Å². The standard InChI is InChI=1S/C16H24O2/c1-16(2)7-3-4-12-11-6-5-10(17)8-13(11)15(18)9-14(12)16/h3-4,10-14,17H,5-9H2,1-2H3/t10-,11-,12+,13-,14-/m0/s1. The Morgan fingerprint density at radius 1 is 1.33 bits per heavy atom. The third-order valence-electron chi connectivity index (χ3n) is 5.68. The molecule has 0 bridgehead atoms. The Hall–Kier alpha value is -0.630. The zero-order valence-corrected chi connectivity index (χ0v) is 11.4. The summed E-state index contributed by atoms with van der Waals surface area (Å²) in [6.45, 7) is 4.61. The molecule has 3 aliphatic carbocycles. The average molecular weight is 248 g/mol. The van der Waals surface area contributed by atoms with Gasteiger partial charge in [-0.2, -0.15) is 0 Å². The van der Waals surface area contributed by atoms with Gasteiger partial charge in [0.05, 0.1) is 6.10 Å². The van der Waals surface area contributed by atoms with E-state index in [1.807, 2.05) is 0 Å².